The summed E-state index contributed by atoms with van der Waals surface area (Å²) in [7, 11) is 2.19. The molecule has 5 nitrogen and oxygen atoms in total. The van der Waals surface area contributed by atoms with Crippen molar-refractivity contribution in [1.29, 1.82) is 0 Å². The summed E-state index contributed by atoms with van der Waals surface area (Å²) < 4.78 is 0. The van der Waals surface area contributed by atoms with E-state index in [1.165, 1.54) is 6.42 Å². The van der Waals surface area contributed by atoms with E-state index in [1.807, 2.05) is 6.92 Å². The zero-order chi connectivity index (χ0) is 13.8. The summed E-state index contributed by atoms with van der Waals surface area (Å²) in [5.74, 6) is 2.80. The molecule has 5 heteroatoms. The van der Waals surface area contributed by atoms with Crippen LogP contribution in [0.15, 0.2) is 6.07 Å². The van der Waals surface area contributed by atoms with Gasteiger partial charge in [0.15, 0.2) is 0 Å². The van der Waals surface area contributed by atoms with E-state index in [4.69, 9.17) is 0 Å². The molecule has 1 saturated heterocycles. The number of aryl methyl sites for hydroxylation is 1. The molecule has 19 heavy (non-hydrogen) atoms. The maximum atomic E-state index is 4.61. The Bertz CT molecular complexity index is 420. The van der Waals surface area contributed by atoms with Crippen LogP contribution in [0.4, 0.5) is 11.6 Å². The van der Waals surface area contributed by atoms with Crippen LogP contribution in [-0.4, -0.2) is 54.1 Å². The quantitative estimate of drug-likeness (QED) is 0.900. The van der Waals surface area contributed by atoms with Crippen molar-refractivity contribution in [2.24, 2.45) is 0 Å². The van der Waals surface area contributed by atoms with Crippen LogP contribution in [0, 0.1) is 6.92 Å². The molecule has 1 aromatic heterocycles. The van der Waals surface area contributed by atoms with Crippen LogP contribution in [-0.2, 0) is 0 Å². The van der Waals surface area contributed by atoms with E-state index in [9.17, 15) is 0 Å². The highest BCUT2D eigenvalue weighted by molar-refractivity contribution is 5.50. The van der Waals surface area contributed by atoms with E-state index in [-0.39, 0.29) is 0 Å². The molecular formula is C14H25N5. The van der Waals surface area contributed by atoms with Gasteiger partial charge < -0.3 is 15.1 Å². The second-order valence-corrected chi connectivity index (χ2v) is 5.35. The molecule has 0 aromatic carbocycles. The molecule has 1 fully saturated rings. The minimum Gasteiger partial charge on any atom is -0.370 e. The molecule has 1 atom stereocenters. The van der Waals surface area contributed by atoms with E-state index in [0.717, 1.165) is 43.6 Å². The van der Waals surface area contributed by atoms with Gasteiger partial charge in [-0.05, 0) is 40.8 Å². The van der Waals surface area contributed by atoms with E-state index in [2.05, 4.69) is 52.0 Å². The molecule has 0 spiro atoms. The van der Waals surface area contributed by atoms with E-state index in [0.29, 0.717) is 6.04 Å². The van der Waals surface area contributed by atoms with Crippen molar-refractivity contribution < 1.29 is 0 Å². The maximum absolute atomic E-state index is 4.61. The van der Waals surface area contributed by atoms with Crippen LogP contribution in [0.5, 0.6) is 0 Å². The van der Waals surface area contributed by atoms with Gasteiger partial charge in [0.1, 0.15) is 17.5 Å². The average molecular weight is 263 g/mol. The minimum atomic E-state index is 0.483. The predicted octanol–water partition coefficient (Wildman–Crippen LogP) is 1.75. The number of hydrogen-bond donors (Lipinski definition) is 1. The first-order valence-corrected chi connectivity index (χ1v) is 7.15. The van der Waals surface area contributed by atoms with Crippen molar-refractivity contribution >= 4 is 11.6 Å². The Labute approximate surface area is 116 Å². The fraction of sp³-hybridized carbons (Fsp3) is 0.714. The minimum absolute atomic E-state index is 0.483. The molecular weight excluding hydrogens is 238 g/mol. The van der Waals surface area contributed by atoms with Crippen molar-refractivity contribution in [2.45, 2.75) is 33.2 Å². The third-order valence-electron chi connectivity index (χ3n) is 3.52. The van der Waals surface area contributed by atoms with Gasteiger partial charge in [0, 0.05) is 31.7 Å². The highest BCUT2D eigenvalue weighted by Gasteiger charge is 2.21. The topological polar surface area (TPSA) is 44.3 Å². The first-order chi connectivity index (χ1) is 9.10. The molecule has 0 aliphatic carbocycles. The molecule has 1 N–H and O–H groups in total. The summed E-state index contributed by atoms with van der Waals surface area (Å²) in [4.78, 5) is 13.8. The number of rotatable bonds is 3. The molecule has 0 saturated carbocycles. The molecule has 106 valence electrons. The van der Waals surface area contributed by atoms with Gasteiger partial charge in [0.05, 0.1) is 0 Å². The highest BCUT2D eigenvalue weighted by Crippen LogP contribution is 2.20. The zero-order valence-electron chi connectivity index (χ0n) is 12.5. The lowest BCUT2D eigenvalue weighted by Crippen LogP contribution is -2.38. The van der Waals surface area contributed by atoms with E-state index < -0.39 is 0 Å². The SMILES string of the molecule is CCNc1cc(N2CCCN(C)CC2C)nc(C)n1. The zero-order valence-corrected chi connectivity index (χ0v) is 12.5. The first-order valence-electron chi connectivity index (χ1n) is 7.15. The van der Waals surface area contributed by atoms with Crippen LogP contribution in [0.25, 0.3) is 0 Å². The third-order valence-corrected chi connectivity index (χ3v) is 3.52. The summed E-state index contributed by atoms with van der Waals surface area (Å²) in [6.45, 7) is 10.5. The highest BCUT2D eigenvalue weighted by atomic mass is 15.3. The van der Waals surface area contributed by atoms with Gasteiger partial charge in [-0.25, -0.2) is 9.97 Å². The van der Waals surface area contributed by atoms with E-state index in [1.54, 1.807) is 0 Å². The largest absolute Gasteiger partial charge is 0.370 e. The summed E-state index contributed by atoms with van der Waals surface area (Å²) in [5.41, 5.74) is 0. The van der Waals surface area contributed by atoms with Crippen LogP contribution in [0.2, 0.25) is 0 Å². The fourth-order valence-corrected chi connectivity index (χ4v) is 2.68. The fourth-order valence-electron chi connectivity index (χ4n) is 2.68. The Hall–Kier alpha value is -1.36. The molecule has 1 aliphatic heterocycles. The van der Waals surface area contributed by atoms with Gasteiger partial charge in [-0.1, -0.05) is 0 Å². The molecule has 1 aliphatic rings. The Morgan fingerprint density at radius 1 is 1.37 bits per heavy atom. The third kappa shape index (κ3) is 3.56. The Kier molecular flexibility index (Phi) is 4.58. The van der Waals surface area contributed by atoms with Gasteiger partial charge in [-0.15, -0.1) is 0 Å². The molecule has 1 aromatic rings. The Morgan fingerprint density at radius 3 is 2.89 bits per heavy atom. The van der Waals surface area contributed by atoms with Crippen LogP contribution < -0.4 is 10.2 Å². The van der Waals surface area contributed by atoms with Crippen molar-refractivity contribution in [3.8, 4) is 0 Å². The van der Waals surface area contributed by atoms with Gasteiger partial charge >= 0.3 is 0 Å². The maximum Gasteiger partial charge on any atom is 0.134 e. The second kappa shape index (κ2) is 6.19. The smallest absolute Gasteiger partial charge is 0.134 e. The summed E-state index contributed by atoms with van der Waals surface area (Å²) in [6.07, 6.45) is 1.18. The number of nitrogens with one attached hydrogen (secondary N) is 1. The lowest BCUT2D eigenvalue weighted by atomic mass is 10.2. The van der Waals surface area contributed by atoms with Gasteiger partial charge in [0.2, 0.25) is 0 Å². The molecule has 0 bridgehead atoms. The summed E-state index contributed by atoms with van der Waals surface area (Å²) >= 11 is 0. The molecule has 2 rings (SSSR count). The van der Waals surface area contributed by atoms with Crippen molar-refractivity contribution in [2.75, 3.05) is 43.4 Å². The monoisotopic (exact) mass is 263 g/mol. The molecule has 1 unspecified atom stereocenters. The van der Waals surface area contributed by atoms with Gasteiger partial charge in [-0.3, -0.25) is 0 Å². The molecule has 2 heterocycles. The van der Waals surface area contributed by atoms with Crippen LogP contribution in [0.1, 0.15) is 26.1 Å². The van der Waals surface area contributed by atoms with Gasteiger partial charge in [-0.2, -0.15) is 0 Å². The second-order valence-electron chi connectivity index (χ2n) is 5.35. The van der Waals surface area contributed by atoms with Crippen molar-refractivity contribution in [3.63, 3.8) is 0 Å². The van der Waals surface area contributed by atoms with Gasteiger partial charge in [0.25, 0.3) is 0 Å². The molecule has 0 radical (unpaired) electrons. The lowest BCUT2D eigenvalue weighted by Gasteiger charge is -2.29. The molecule has 0 amide bonds. The van der Waals surface area contributed by atoms with E-state index >= 15 is 0 Å². The number of nitrogens with zero attached hydrogens (tertiary/aromatic N) is 4. The number of anilines is 2. The standard InChI is InChI=1S/C14H25N5/c1-5-15-13-9-14(17-12(3)16-13)19-8-6-7-18(4)10-11(19)2/h9,11H,5-8,10H2,1-4H3,(H,15,16,17). The predicted molar refractivity (Wildman–Crippen MR) is 79.9 cm³/mol. The number of hydrogen-bond acceptors (Lipinski definition) is 5. The first kappa shape index (κ1) is 14.1. The van der Waals surface area contributed by atoms with Crippen molar-refractivity contribution in [1.82, 2.24) is 14.9 Å². The van der Waals surface area contributed by atoms with Crippen LogP contribution in [0.3, 0.4) is 0 Å². The Morgan fingerprint density at radius 2 is 2.16 bits per heavy atom. The summed E-state index contributed by atoms with van der Waals surface area (Å²) in [6, 6.07) is 2.55. The number of likely N-dealkylation sites (N-methyl/N-ethyl adjacent to an activating group) is 1. The lowest BCUT2D eigenvalue weighted by molar-refractivity contribution is 0.337. The summed E-state index contributed by atoms with van der Waals surface area (Å²) in [5, 5.41) is 3.28. The van der Waals surface area contributed by atoms with Crippen LogP contribution >= 0.6 is 0 Å². The Balaban J connectivity index is 2.24. The average Bonchev–Trinajstić information content (AvgIpc) is 2.49. The van der Waals surface area contributed by atoms with Crippen molar-refractivity contribution in [3.05, 3.63) is 11.9 Å². The normalized spacial score (nSPS) is 21.3. The number of aromatic nitrogens is 2.